The number of piperidine rings is 1. The first kappa shape index (κ1) is 22.6. The quantitative estimate of drug-likeness (QED) is 0.674. The summed E-state index contributed by atoms with van der Waals surface area (Å²) in [5, 5.41) is 2.76. The van der Waals surface area contributed by atoms with Crippen LogP contribution in [0.5, 0.6) is 0 Å². The van der Waals surface area contributed by atoms with Crippen LogP contribution in [0.2, 0.25) is 0 Å². The van der Waals surface area contributed by atoms with E-state index in [0.29, 0.717) is 17.4 Å². The van der Waals surface area contributed by atoms with Crippen LogP contribution < -0.4 is 10.2 Å². The number of carbonyl (C=O) groups is 1. The molecule has 1 aromatic heterocycles. The highest BCUT2D eigenvalue weighted by Gasteiger charge is 2.31. The van der Waals surface area contributed by atoms with Crippen LogP contribution in [0.15, 0.2) is 42.6 Å². The number of alkyl halides is 3. The van der Waals surface area contributed by atoms with E-state index in [0.717, 1.165) is 38.1 Å². The van der Waals surface area contributed by atoms with Crippen molar-refractivity contribution < 1.29 is 18.0 Å². The molecule has 8 heteroatoms. The van der Waals surface area contributed by atoms with E-state index >= 15 is 0 Å². The molecule has 1 N–H and O–H groups in total. The third-order valence-corrected chi connectivity index (χ3v) is 6.45. The minimum absolute atomic E-state index is 0.0322. The molecule has 0 aliphatic carbocycles. The van der Waals surface area contributed by atoms with Gasteiger partial charge < -0.3 is 15.1 Å². The number of amides is 1. The third-order valence-electron chi connectivity index (χ3n) is 6.45. The van der Waals surface area contributed by atoms with Gasteiger partial charge in [-0.05, 0) is 88.0 Å². The van der Waals surface area contributed by atoms with Crippen molar-refractivity contribution in [3.8, 4) is 0 Å². The lowest BCUT2D eigenvalue weighted by Crippen LogP contribution is -2.36. The average Bonchev–Trinajstić information content (AvgIpc) is 3.32. The molecular formula is C24H29F3N4O. The number of aromatic nitrogens is 1. The fourth-order valence-corrected chi connectivity index (χ4v) is 4.58. The van der Waals surface area contributed by atoms with Crippen molar-refractivity contribution >= 4 is 17.4 Å². The zero-order valence-corrected chi connectivity index (χ0v) is 18.1. The van der Waals surface area contributed by atoms with Gasteiger partial charge in [0, 0.05) is 24.8 Å². The summed E-state index contributed by atoms with van der Waals surface area (Å²) < 4.78 is 39.0. The number of benzene rings is 1. The molecule has 5 nitrogen and oxygen atoms in total. The molecule has 172 valence electrons. The second-order valence-corrected chi connectivity index (χ2v) is 8.68. The number of halogens is 3. The van der Waals surface area contributed by atoms with Crippen LogP contribution in [0.25, 0.3) is 0 Å². The number of carbonyl (C=O) groups excluding carboxylic acids is 1. The van der Waals surface area contributed by atoms with Crippen LogP contribution in [-0.2, 0) is 6.18 Å². The summed E-state index contributed by atoms with van der Waals surface area (Å²) >= 11 is 0. The Morgan fingerprint density at radius 3 is 2.53 bits per heavy atom. The van der Waals surface area contributed by atoms with E-state index < -0.39 is 17.6 Å². The van der Waals surface area contributed by atoms with Gasteiger partial charge in [-0.25, -0.2) is 4.98 Å². The molecular weight excluding hydrogens is 417 g/mol. The van der Waals surface area contributed by atoms with Crippen LogP contribution >= 0.6 is 0 Å². The Balaban J connectivity index is 1.37. The standard InChI is InChI=1S/C24H29F3N4O/c25-24(26,27)20-6-3-5-19(17-20)23(32)29-21-7-4-11-28-22(21)31-15-9-18(10-16-31)8-14-30-12-1-2-13-30/h3-7,11,17-18H,1-2,8-10,12-16H2,(H,29,32). The van der Waals surface area contributed by atoms with Gasteiger partial charge in [0.25, 0.3) is 5.91 Å². The van der Waals surface area contributed by atoms with Crippen molar-refractivity contribution in [2.75, 3.05) is 42.9 Å². The highest BCUT2D eigenvalue weighted by atomic mass is 19.4. The van der Waals surface area contributed by atoms with E-state index in [9.17, 15) is 18.0 Å². The molecule has 2 aromatic rings. The van der Waals surface area contributed by atoms with Gasteiger partial charge in [-0.3, -0.25) is 4.79 Å². The lowest BCUT2D eigenvalue weighted by atomic mass is 9.93. The molecule has 0 bridgehead atoms. The van der Waals surface area contributed by atoms with Crippen LogP contribution in [0.3, 0.4) is 0 Å². The second kappa shape index (κ2) is 9.90. The second-order valence-electron chi connectivity index (χ2n) is 8.68. The van der Waals surface area contributed by atoms with Crippen LogP contribution in [0.4, 0.5) is 24.7 Å². The number of pyridine rings is 1. The molecule has 2 saturated heterocycles. The topological polar surface area (TPSA) is 48.5 Å². The van der Waals surface area contributed by atoms with E-state index in [4.69, 9.17) is 0 Å². The van der Waals surface area contributed by atoms with Crippen LogP contribution in [0, 0.1) is 5.92 Å². The Morgan fingerprint density at radius 1 is 1.06 bits per heavy atom. The molecule has 0 atom stereocenters. The van der Waals surface area contributed by atoms with Gasteiger partial charge in [-0.15, -0.1) is 0 Å². The molecule has 0 spiro atoms. The van der Waals surface area contributed by atoms with Crippen molar-refractivity contribution in [3.63, 3.8) is 0 Å². The van der Waals surface area contributed by atoms with E-state index in [1.165, 1.54) is 51.0 Å². The number of hydrogen-bond donors (Lipinski definition) is 1. The maximum atomic E-state index is 13.0. The maximum Gasteiger partial charge on any atom is 0.416 e. The molecule has 0 saturated carbocycles. The molecule has 0 radical (unpaired) electrons. The van der Waals surface area contributed by atoms with Gasteiger partial charge in [0.05, 0.1) is 11.3 Å². The number of likely N-dealkylation sites (tertiary alicyclic amines) is 1. The summed E-state index contributed by atoms with van der Waals surface area (Å²) in [5.74, 6) is 0.787. The SMILES string of the molecule is O=C(Nc1cccnc1N1CCC(CCN2CCCC2)CC1)c1cccc(C(F)(F)F)c1. The van der Waals surface area contributed by atoms with Gasteiger partial charge in [0.15, 0.2) is 5.82 Å². The van der Waals surface area contributed by atoms with Crippen LogP contribution in [0.1, 0.15) is 48.0 Å². The van der Waals surface area contributed by atoms with Crippen molar-refractivity contribution in [2.45, 2.75) is 38.3 Å². The van der Waals surface area contributed by atoms with E-state index in [2.05, 4.69) is 20.1 Å². The van der Waals surface area contributed by atoms with Crippen molar-refractivity contribution in [2.24, 2.45) is 5.92 Å². The smallest absolute Gasteiger partial charge is 0.355 e. The van der Waals surface area contributed by atoms with Gasteiger partial charge in [0.2, 0.25) is 0 Å². The fourth-order valence-electron chi connectivity index (χ4n) is 4.58. The third kappa shape index (κ3) is 5.59. The first-order valence-corrected chi connectivity index (χ1v) is 11.3. The summed E-state index contributed by atoms with van der Waals surface area (Å²) in [7, 11) is 0. The largest absolute Gasteiger partial charge is 0.416 e. The molecule has 0 unspecified atom stereocenters. The maximum absolute atomic E-state index is 13.0. The van der Waals surface area contributed by atoms with Crippen molar-refractivity contribution in [1.29, 1.82) is 0 Å². The van der Waals surface area contributed by atoms with Gasteiger partial charge >= 0.3 is 6.18 Å². The Bertz CT molecular complexity index is 919. The highest BCUT2D eigenvalue weighted by molar-refractivity contribution is 6.05. The predicted octanol–water partition coefficient (Wildman–Crippen LogP) is 5.06. The van der Waals surface area contributed by atoms with E-state index in [1.54, 1.807) is 18.3 Å². The van der Waals surface area contributed by atoms with Gasteiger partial charge in [-0.2, -0.15) is 13.2 Å². The molecule has 2 aliphatic rings. The van der Waals surface area contributed by atoms with Gasteiger partial charge in [-0.1, -0.05) is 6.07 Å². The minimum Gasteiger partial charge on any atom is -0.355 e. The number of anilines is 2. The Morgan fingerprint density at radius 2 is 1.81 bits per heavy atom. The van der Waals surface area contributed by atoms with Crippen molar-refractivity contribution in [3.05, 3.63) is 53.7 Å². The Kier molecular flexibility index (Phi) is 6.98. The summed E-state index contributed by atoms with van der Waals surface area (Å²) in [6, 6.07) is 7.92. The lowest BCUT2D eigenvalue weighted by Gasteiger charge is -2.34. The zero-order chi connectivity index (χ0) is 22.6. The van der Waals surface area contributed by atoms with Crippen LogP contribution in [-0.4, -0.2) is 48.5 Å². The molecule has 2 fully saturated rings. The molecule has 4 rings (SSSR count). The van der Waals surface area contributed by atoms with Crippen molar-refractivity contribution in [1.82, 2.24) is 9.88 Å². The Hall–Kier alpha value is -2.61. The minimum atomic E-state index is -4.49. The monoisotopic (exact) mass is 446 g/mol. The molecule has 32 heavy (non-hydrogen) atoms. The molecule has 2 aliphatic heterocycles. The van der Waals surface area contributed by atoms with E-state index in [1.807, 2.05) is 0 Å². The summed E-state index contributed by atoms with van der Waals surface area (Å²) in [6.07, 6.45) is 3.18. The summed E-state index contributed by atoms with van der Waals surface area (Å²) in [5.41, 5.74) is -0.353. The summed E-state index contributed by atoms with van der Waals surface area (Å²) in [6.45, 7) is 5.33. The first-order chi connectivity index (χ1) is 15.4. The summed E-state index contributed by atoms with van der Waals surface area (Å²) in [4.78, 5) is 21.8. The molecule has 1 amide bonds. The first-order valence-electron chi connectivity index (χ1n) is 11.3. The van der Waals surface area contributed by atoms with E-state index in [-0.39, 0.29) is 5.56 Å². The number of nitrogens with one attached hydrogen (secondary N) is 1. The number of nitrogens with zero attached hydrogens (tertiary/aromatic N) is 3. The normalized spacial score (nSPS) is 18.2. The Labute approximate surface area is 186 Å². The predicted molar refractivity (Wildman–Crippen MR) is 119 cm³/mol. The molecule has 3 heterocycles. The average molecular weight is 447 g/mol. The number of hydrogen-bond acceptors (Lipinski definition) is 4. The zero-order valence-electron chi connectivity index (χ0n) is 18.1. The highest BCUT2D eigenvalue weighted by Crippen LogP contribution is 2.31. The molecule has 1 aromatic carbocycles. The van der Waals surface area contributed by atoms with Gasteiger partial charge in [0.1, 0.15) is 0 Å². The lowest BCUT2D eigenvalue weighted by molar-refractivity contribution is -0.137. The number of rotatable bonds is 6. The fraction of sp³-hybridized carbons (Fsp3) is 0.500.